The number of thiazole rings is 1. The number of fused-ring (bicyclic) bond motifs is 1. The molecule has 0 aliphatic rings. The fourth-order valence-electron chi connectivity index (χ4n) is 2.21. The van der Waals surface area contributed by atoms with Gasteiger partial charge in [-0.25, -0.2) is 4.98 Å². The maximum Gasteiger partial charge on any atom is 0.270 e. The largest absolute Gasteiger partial charge is 0.491 e. The number of hydrogen-bond donors (Lipinski definition) is 1. The summed E-state index contributed by atoms with van der Waals surface area (Å²) in [4.78, 5) is 26.9. The van der Waals surface area contributed by atoms with Crippen LogP contribution in [0.5, 0.6) is 5.75 Å². The molecule has 128 valence electrons. The van der Waals surface area contributed by atoms with Crippen molar-refractivity contribution < 1.29 is 14.5 Å². The zero-order valence-corrected chi connectivity index (χ0v) is 14.4. The van der Waals surface area contributed by atoms with Crippen LogP contribution in [0.2, 0.25) is 0 Å². The summed E-state index contributed by atoms with van der Waals surface area (Å²) in [5.41, 5.74) is 1.07. The first-order valence-corrected chi connectivity index (χ1v) is 8.37. The van der Waals surface area contributed by atoms with Crippen molar-refractivity contribution in [2.75, 3.05) is 5.32 Å². The fraction of sp³-hybridized carbons (Fsp3) is 0.176. The molecule has 0 atom stereocenters. The number of nitro benzene ring substituents is 1. The Kier molecular flexibility index (Phi) is 4.62. The normalized spacial score (nSPS) is 10.8. The highest BCUT2D eigenvalue weighted by Crippen LogP contribution is 2.29. The van der Waals surface area contributed by atoms with Gasteiger partial charge in [0.2, 0.25) is 0 Å². The number of benzene rings is 2. The number of non-ortho nitro benzene ring substituents is 1. The summed E-state index contributed by atoms with van der Waals surface area (Å²) in [6, 6.07) is 11.2. The van der Waals surface area contributed by atoms with Crippen molar-refractivity contribution in [3.63, 3.8) is 0 Å². The minimum Gasteiger partial charge on any atom is -0.491 e. The number of anilines is 1. The Morgan fingerprint density at radius 1 is 1.24 bits per heavy atom. The van der Waals surface area contributed by atoms with Crippen LogP contribution in [-0.4, -0.2) is 21.9 Å². The van der Waals surface area contributed by atoms with Gasteiger partial charge in [-0.1, -0.05) is 11.3 Å². The van der Waals surface area contributed by atoms with E-state index in [0.717, 1.165) is 0 Å². The summed E-state index contributed by atoms with van der Waals surface area (Å²) in [6.45, 7) is 3.86. The van der Waals surface area contributed by atoms with Gasteiger partial charge in [0.25, 0.3) is 11.6 Å². The van der Waals surface area contributed by atoms with Crippen molar-refractivity contribution in [1.29, 1.82) is 0 Å². The van der Waals surface area contributed by atoms with Gasteiger partial charge in [0.15, 0.2) is 5.13 Å². The lowest BCUT2D eigenvalue weighted by Gasteiger charge is -2.09. The Balaban J connectivity index is 1.76. The number of aromatic nitrogens is 1. The molecule has 1 heterocycles. The van der Waals surface area contributed by atoms with E-state index in [1.807, 2.05) is 13.8 Å². The lowest BCUT2D eigenvalue weighted by molar-refractivity contribution is -0.384. The first kappa shape index (κ1) is 16.8. The van der Waals surface area contributed by atoms with E-state index >= 15 is 0 Å². The summed E-state index contributed by atoms with van der Waals surface area (Å²) < 4.78 is 6.18. The number of ether oxygens (including phenoxy) is 1. The van der Waals surface area contributed by atoms with E-state index in [1.54, 1.807) is 30.3 Å². The van der Waals surface area contributed by atoms with Crippen LogP contribution in [0.15, 0.2) is 42.5 Å². The number of nitro groups is 1. The summed E-state index contributed by atoms with van der Waals surface area (Å²) in [5.74, 6) is 0.392. The number of amides is 1. The van der Waals surface area contributed by atoms with Crippen LogP contribution >= 0.6 is 11.3 Å². The third-order valence-electron chi connectivity index (χ3n) is 3.29. The van der Waals surface area contributed by atoms with Crippen molar-refractivity contribution >= 4 is 38.3 Å². The van der Waals surface area contributed by atoms with Crippen LogP contribution in [0, 0.1) is 10.1 Å². The monoisotopic (exact) mass is 357 g/mol. The van der Waals surface area contributed by atoms with Gasteiger partial charge in [0.05, 0.1) is 21.2 Å². The maximum atomic E-state index is 12.3. The molecule has 0 saturated heterocycles. The predicted octanol–water partition coefficient (Wildman–Crippen LogP) is 4.24. The minimum atomic E-state index is -0.460. The predicted molar refractivity (Wildman–Crippen MR) is 96.4 cm³/mol. The summed E-state index contributed by atoms with van der Waals surface area (Å²) in [5, 5.41) is 13.9. The van der Waals surface area contributed by atoms with Gasteiger partial charge in [0.1, 0.15) is 5.75 Å². The highest BCUT2D eigenvalue weighted by atomic mass is 32.1. The summed E-state index contributed by atoms with van der Waals surface area (Å²) >= 11 is 1.19. The molecule has 1 N–H and O–H groups in total. The molecule has 0 bridgehead atoms. The van der Waals surface area contributed by atoms with Crippen molar-refractivity contribution in [3.8, 4) is 5.75 Å². The van der Waals surface area contributed by atoms with Crippen LogP contribution in [0.25, 0.3) is 10.2 Å². The molecule has 7 nitrogen and oxygen atoms in total. The molecule has 25 heavy (non-hydrogen) atoms. The molecular formula is C17H15N3O4S. The number of carbonyl (C=O) groups excluding carboxylic acids is 1. The maximum absolute atomic E-state index is 12.3. The Bertz CT molecular complexity index is 935. The van der Waals surface area contributed by atoms with Crippen molar-refractivity contribution in [3.05, 3.63) is 58.1 Å². The lowest BCUT2D eigenvalue weighted by atomic mass is 10.2. The smallest absolute Gasteiger partial charge is 0.270 e. The Morgan fingerprint density at radius 3 is 2.60 bits per heavy atom. The second kappa shape index (κ2) is 6.86. The quantitative estimate of drug-likeness (QED) is 0.544. The molecule has 3 rings (SSSR count). The molecule has 3 aromatic rings. The van der Waals surface area contributed by atoms with Gasteiger partial charge in [-0.3, -0.25) is 20.2 Å². The minimum absolute atomic E-state index is 0.00484. The van der Waals surface area contributed by atoms with Crippen LogP contribution < -0.4 is 10.1 Å². The van der Waals surface area contributed by atoms with Crippen molar-refractivity contribution in [2.24, 2.45) is 0 Å². The number of hydrogen-bond acceptors (Lipinski definition) is 6. The van der Waals surface area contributed by atoms with Crippen LogP contribution in [0.1, 0.15) is 24.2 Å². The van der Waals surface area contributed by atoms with Gasteiger partial charge in [-0.15, -0.1) is 0 Å². The molecule has 0 radical (unpaired) electrons. The van der Waals surface area contributed by atoms with Gasteiger partial charge < -0.3 is 4.74 Å². The Labute approximate surface area is 147 Å². The topological polar surface area (TPSA) is 94.4 Å². The Morgan fingerprint density at radius 2 is 1.96 bits per heavy atom. The summed E-state index contributed by atoms with van der Waals surface area (Å²) in [6.07, 6.45) is 0.0616. The summed E-state index contributed by atoms with van der Waals surface area (Å²) in [7, 11) is 0. The first-order valence-electron chi connectivity index (χ1n) is 7.55. The van der Waals surface area contributed by atoms with E-state index < -0.39 is 4.92 Å². The number of nitrogens with one attached hydrogen (secondary N) is 1. The van der Waals surface area contributed by atoms with E-state index in [-0.39, 0.29) is 17.7 Å². The van der Waals surface area contributed by atoms with Gasteiger partial charge in [0, 0.05) is 17.7 Å². The van der Waals surface area contributed by atoms with Crippen LogP contribution in [0.4, 0.5) is 10.8 Å². The zero-order valence-electron chi connectivity index (χ0n) is 13.6. The highest BCUT2D eigenvalue weighted by molar-refractivity contribution is 7.22. The molecule has 2 aromatic carbocycles. The number of nitrogens with zero attached hydrogens (tertiary/aromatic N) is 2. The molecule has 0 unspecified atom stereocenters. The molecule has 0 spiro atoms. The van der Waals surface area contributed by atoms with Crippen LogP contribution in [-0.2, 0) is 0 Å². The fourth-order valence-corrected chi connectivity index (χ4v) is 3.10. The lowest BCUT2D eigenvalue weighted by Crippen LogP contribution is -2.11. The first-order chi connectivity index (χ1) is 11.9. The third-order valence-corrected chi connectivity index (χ3v) is 4.23. The molecule has 8 heteroatoms. The van der Waals surface area contributed by atoms with E-state index in [9.17, 15) is 14.9 Å². The molecular weight excluding hydrogens is 342 g/mol. The van der Waals surface area contributed by atoms with E-state index in [4.69, 9.17) is 4.74 Å². The molecule has 0 aliphatic carbocycles. The van der Waals surface area contributed by atoms with Gasteiger partial charge in [-0.05, 0) is 44.2 Å². The van der Waals surface area contributed by atoms with E-state index in [1.165, 1.54) is 23.5 Å². The van der Waals surface area contributed by atoms with E-state index in [2.05, 4.69) is 10.3 Å². The van der Waals surface area contributed by atoms with E-state index in [0.29, 0.717) is 26.7 Å². The van der Waals surface area contributed by atoms with Crippen molar-refractivity contribution in [2.45, 2.75) is 20.0 Å². The average Bonchev–Trinajstić information content (AvgIpc) is 2.96. The molecule has 0 fully saturated rings. The molecule has 0 aliphatic heterocycles. The number of rotatable bonds is 5. The SMILES string of the molecule is CC(C)Oc1ccc(C(=O)Nc2nc3ccc([N+](=O)[O-])cc3s2)cc1. The van der Waals surface area contributed by atoms with Gasteiger partial charge >= 0.3 is 0 Å². The molecule has 1 aromatic heterocycles. The number of carbonyl (C=O) groups is 1. The van der Waals surface area contributed by atoms with Crippen molar-refractivity contribution in [1.82, 2.24) is 4.98 Å². The zero-order chi connectivity index (χ0) is 18.0. The second-order valence-electron chi connectivity index (χ2n) is 5.57. The second-order valence-corrected chi connectivity index (χ2v) is 6.60. The van der Waals surface area contributed by atoms with Crippen LogP contribution in [0.3, 0.4) is 0 Å². The molecule has 0 saturated carbocycles. The standard InChI is InChI=1S/C17H15N3O4S/c1-10(2)24-13-6-3-11(4-7-13)16(21)19-17-18-14-8-5-12(20(22)23)9-15(14)25-17/h3-10H,1-2H3,(H,18,19,21). The Hall–Kier alpha value is -3.00. The van der Waals surface area contributed by atoms with Gasteiger partial charge in [-0.2, -0.15) is 0 Å². The molecule has 1 amide bonds. The highest BCUT2D eigenvalue weighted by Gasteiger charge is 2.13. The average molecular weight is 357 g/mol. The third kappa shape index (κ3) is 3.92.